The van der Waals surface area contributed by atoms with Gasteiger partial charge in [-0.05, 0) is 31.4 Å². The molecule has 2 rings (SSSR count). The summed E-state index contributed by atoms with van der Waals surface area (Å²) >= 11 is 0. The molecule has 0 atom stereocenters. The van der Waals surface area contributed by atoms with Crippen molar-refractivity contribution in [2.75, 3.05) is 19.6 Å². The number of rotatable bonds is 2. The first-order valence-electron chi connectivity index (χ1n) is 6.37. The highest BCUT2D eigenvalue weighted by Gasteiger charge is 2.35. The highest BCUT2D eigenvalue weighted by molar-refractivity contribution is 5.01. The highest BCUT2D eigenvalue weighted by Crippen LogP contribution is 2.27. The van der Waals surface area contributed by atoms with Crippen LogP contribution in [0, 0.1) is 5.41 Å². The van der Waals surface area contributed by atoms with E-state index in [1.54, 1.807) is 6.26 Å². The lowest BCUT2D eigenvalue weighted by Gasteiger charge is -2.38. The first-order valence-corrected chi connectivity index (χ1v) is 6.37. The molecule has 1 N–H and O–H groups in total. The lowest BCUT2D eigenvalue weighted by atomic mass is 9.92. The predicted molar refractivity (Wildman–Crippen MR) is 69.8 cm³/mol. The van der Waals surface area contributed by atoms with Gasteiger partial charge in [0, 0.05) is 25.2 Å². The normalized spacial score (nSPS) is 24.5. The number of furan rings is 1. The zero-order valence-corrected chi connectivity index (χ0v) is 11.4. The minimum absolute atomic E-state index is 0.167. The Kier molecular flexibility index (Phi) is 3.32. The van der Waals surface area contributed by atoms with Crippen molar-refractivity contribution in [2.45, 2.75) is 39.8 Å². The average molecular weight is 236 g/mol. The first-order chi connectivity index (χ1) is 7.89. The summed E-state index contributed by atoms with van der Waals surface area (Å²) in [5.74, 6) is 1.05. The van der Waals surface area contributed by atoms with Crippen molar-refractivity contribution in [1.82, 2.24) is 10.2 Å². The van der Waals surface area contributed by atoms with E-state index in [4.69, 9.17) is 4.42 Å². The second-order valence-corrected chi connectivity index (χ2v) is 6.52. The van der Waals surface area contributed by atoms with Gasteiger partial charge in [0.25, 0.3) is 0 Å². The molecule has 0 spiro atoms. The molecule has 0 amide bonds. The summed E-state index contributed by atoms with van der Waals surface area (Å²) in [4.78, 5) is 2.52. The summed E-state index contributed by atoms with van der Waals surface area (Å²) in [6.07, 6.45) is 1.75. The molecule has 0 bridgehead atoms. The number of nitrogens with zero attached hydrogens (tertiary/aromatic N) is 1. The van der Waals surface area contributed by atoms with Crippen LogP contribution in [0.5, 0.6) is 0 Å². The molecule has 96 valence electrons. The van der Waals surface area contributed by atoms with E-state index in [-0.39, 0.29) is 5.54 Å². The minimum Gasteiger partial charge on any atom is -0.468 e. The molecule has 17 heavy (non-hydrogen) atoms. The van der Waals surface area contributed by atoms with Gasteiger partial charge in [-0.3, -0.25) is 4.90 Å². The van der Waals surface area contributed by atoms with Crippen molar-refractivity contribution in [1.29, 1.82) is 0 Å². The Morgan fingerprint density at radius 1 is 1.29 bits per heavy atom. The highest BCUT2D eigenvalue weighted by atomic mass is 16.3. The molecule has 1 aliphatic heterocycles. The van der Waals surface area contributed by atoms with Crippen LogP contribution in [0.4, 0.5) is 0 Å². The second kappa shape index (κ2) is 4.46. The molecule has 3 nitrogen and oxygen atoms in total. The Hall–Kier alpha value is -0.800. The largest absolute Gasteiger partial charge is 0.468 e. The van der Waals surface area contributed by atoms with E-state index < -0.39 is 0 Å². The lowest BCUT2D eigenvalue weighted by Crippen LogP contribution is -2.48. The zero-order valence-electron chi connectivity index (χ0n) is 11.4. The van der Waals surface area contributed by atoms with Crippen LogP contribution in [0.2, 0.25) is 0 Å². The Morgan fingerprint density at radius 3 is 2.71 bits per heavy atom. The van der Waals surface area contributed by atoms with Gasteiger partial charge >= 0.3 is 0 Å². The molecular formula is C14H24N2O. The van der Waals surface area contributed by atoms with Crippen LogP contribution in [-0.2, 0) is 6.54 Å². The van der Waals surface area contributed by atoms with E-state index in [0.717, 1.165) is 31.9 Å². The topological polar surface area (TPSA) is 28.4 Å². The third-order valence-corrected chi connectivity index (χ3v) is 3.56. The SMILES string of the molecule is CC1(C)CNCC(C)(C)N(Cc2ccco2)C1. The van der Waals surface area contributed by atoms with Crippen LogP contribution < -0.4 is 5.32 Å². The van der Waals surface area contributed by atoms with E-state index in [1.807, 2.05) is 6.07 Å². The molecule has 0 aromatic carbocycles. The fraction of sp³-hybridized carbons (Fsp3) is 0.714. The molecule has 3 heteroatoms. The monoisotopic (exact) mass is 236 g/mol. The third kappa shape index (κ3) is 3.11. The summed E-state index contributed by atoms with van der Waals surface area (Å²) < 4.78 is 5.48. The molecule has 1 aliphatic rings. The van der Waals surface area contributed by atoms with Crippen molar-refractivity contribution in [3.8, 4) is 0 Å². The van der Waals surface area contributed by atoms with Crippen LogP contribution >= 0.6 is 0 Å². The summed E-state index contributed by atoms with van der Waals surface area (Å²) in [5, 5.41) is 3.57. The average Bonchev–Trinajstić information content (AvgIpc) is 2.64. The maximum atomic E-state index is 5.48. The van der Waals surface area contributed by atoms with Crippen molar-refractivity contribution in [3.05, 3.63) is 24.2 Å². The summed E-state index contributed by atoms with van der Waals surface area (Å²) in [7, 11) is 0. The Morgan fingerprint density at radius 2 is 2.06 bits per heavy atom. The van der Waals surface area contributed by atoms with Crippen LogP contribution in [0.15, 0.2) is 22.8 Å². The number of hydrogen-bond donors (Lipinski definition) is 1. The van der Waals surface area contributed by atoms with Crippen LogP contribution in [-0.4, -0.2) is 30.1 Å². The fourth-order valence-electron chi connectivity index (χ4n) is 2.47. The Bertz CT molecular complexity index is 354. The minimum atomic E-state index is 0.167. The predicted octanol–water partition coefficient (Wildman–Crippen LogP) is 2.49. The molecule has 1 aromatic rings. The number of nitrogens with one attached hydrogen (secondary N) is 1. The van der Waals surface area contributed by atoms with E-state index >= 15 is 0 Å². The van der Waals surface area contributed by atoms with E-state index in [2.05, 4.69) is 44.0 Å². The fourth-order valence-corrected chi connectivity index (χ4v) is 2.47. The van der Waals surface area contributed by atoms with Crippen molar-refractivity contribution in [3.63, 3.8) is 0 Å². The third-order valence-electron chi connectivity index (χ3n) is 3.56. The molecule has 0 radical (unpaired) electrons. The first kappa shape index (κ1) is 12.7. The number of hydrogen-bond acceptors (Lipinski definition) is 3. The molecule has 2 heterocycles. The standard InChI is InChI=1S/C14H24N2O/c1-13(2)9-15-10-14(3,4)16(11-13)8-12-6-5-7-17-12/h5-7,15H,8-11H2,1-4H3. The molecule has 0 aliphatic carbocycles. The maximum absolute atomic E-state index is 5.48. The van der Waals surface area contributed by atoms with Crippen molar-refractivity contribution < 1.29 is 4.42 Å². The zero-order chi connectivity index (χ0) is 12.5. The molecule has 1 saturated heterocycles. The van der Waals surface area contributed by atoms with Crippen molar-refractivity contribution in [2.24, 2.45) is 5.41 Å². The molecule has 0 saturated carbocycles. The van der Waals surface area contributed by atoms with E-state index in [9.17, 15) is 0 Å². The van der Waals surface area contributed by atoms with Crippen LogP contribution in [0.3, 0.4) is 0 Å². The lowest BCUT2D eigenvalue weighted by molar-refractivity contribution is 0.0842. The van der Waals surface area contributed by atoms with Gasteiger partial charge in [0.05, 0.1) is 12.8 Å². The van der Waals surface area contributed by atoms with Gasteiger partial charge in [0.2, 0.25) is 0 Å². The van der Waals surface area contributed by atoms with E-state index in [1.165, 1.54) is 0 Å². The Labute approximate surface area is 104 Å². The van der Waals surface area contributed by atoms with Gasteiger partial charge in [-0.1, -0.05) is 13.8 Å². The van der Waals surface area contributed by atoms with E-state index in [0.29, 0.717) is 5.41 Å². The van der Waals surface area contributed by atoms with Crippen molar-refractivity contribution >= 4 is 0 Å². The second-order valence-electron chi connectivity index (χ2n) is 6.52. The maximum Gasteiger partial charge on any atom is 0.117 e. The molecule has 1 fully saturated rings. The quantitative estimate of drug-likeness (QED) is 0.855. The summed E-state index contributed by atoms with van der Waals surface area (Å²) in [6, 6.07) is 4.02. The van der Waals surface area contributed by atoms with Crippen LogP contribution in [0.1, 0.15) is 33.5 Å². The van der Waals surface area contributed by atoms with Gasteiger partial charge in [0.1, 0.15) is 5.76 Å². The molecular weight excluding hydrogens is 212 g/mol. The summed E-state index contributed by atoms with van der Waals surface area (Å²) in [6.45, 7) is 13.3. The molecule has 1 aromatic heterocycles. The van der Waals surface area contributed by atoms with Gasteiger partial charge in [0.15, 0.2) is 0 Å². The van der Waals surface area contributed by atoms with Gasteiger partial charge in [-0.25, -0.2) is 0 Å². The van der Waals surface area contributed by atoms with Gasteiger partial charge < -0.3 is 9.73 Å². The van der Waals surface area contributed by atoms with Gasteiger partial charge in [-0.2, -0.15) is 0 Å². The summed E-state index contributed by atoms with van der Waals surface area (Å²) in [5.41, 5.74) is 0.473. The van der Waals surface area contributed by atoms with Gasteiger partial charge in [-0.15, -0.1) is 0 Å². The smallest absolute Gasteiger partial charge is 0.117 e. The Balaban J connectivity index is 2.15. The molecule has 0 unspecified atom stereocenters. The van der Waals surface area contributed by atoms with Crippen LogP contribution in [0.25, 0.3) is 0 Å².